The van der Waals surface area contributed by atoms with Gasteiger partial charge in [0.05, 0.1) is 12.7 Å². The lowest BCUT2D eigenvalue weighted by Crippen LogP contribution is -2.12. The van der Waals surface area contributed by atoms with Crippen molar-refractivity contribution in [3.05, 3.63) is 83.7 Å². The number of rotatable bonds is 6. The smallest absolute Gasteiger partial charge is 0.417 e. The van der Waals surface area contributed by atoms with E-state index in [0.717, 1.165) is 17.2 Å². The number of benzene rings is 2. The third-order valence-electron chi connectivity index (χ3n) is 4.82. The van der Waals surface area contributed by atoms with Gasteiger partial charge in [0.2, 0.25) is 0 Å². The predicted octanol–water partition coefficient (Wildman–Crippen LogP) is 5.81. The van der Waals surface area contributed by atoms with Crippen LogP contribution >= 0.6 is 0 Å². The Balaban J connectivity index is 1.70. The van der Waals surface area contributed by atoms with E-state index in [0.29, 0.717) is 29.8 Å². The van der Waals surface area contributed by atoms with E-state index in [-0.39, 0.29) is 11.3 Å². The monoisotopic (exact) mass is 412 g/mol. The fourth-order valence-electron chi connectivity index (χ4n) is 3.39. The number of nitrogens with zero attached hydrogens (tertiary/aromatic N) is 1. The van der Waals surface area contributed by atoms with Gasteiger partial charge in [-0.1, -0.05) is 30.3 Å². The Hall–Kier alpha value is -3.32. The molecule has 0 fully saturated rings. The van der Waals surface area contributed by atoms with Gasteiger partial charge in [0.15, 0.2) is 11.3 Å². The van der Waals surface area contributed by atoms with E-state index in [9.17, 15) is 13.2 Å². The Morgan fingerprint density at radius 2 is 1.87 bits per heavy atom. The largest absolute Gasteiger partial charge is 0.493 e. The van der Waals surface area contributed by atoms with E-state index in [1.807, 2.05) is 18.2 Å². The van der Waals surface area contributed by atoms with Crippen molar-refractivity contribution in [2.45, 2.75) is 19.3 Å². The van der Waals surface area contributed by atoms with Gasteiger partial charge >= 0.3 is 6.18 Å². The Bertz CT molecular complexity index is 1150. The summed E-state index contributed by atoms with van der Waals surface area (Å²) in [7, 11) is 1.50. The lowest BCUT2D eigenvalue weighted by Gasteiger charge is -2.10. The zero-order valence-electron chi connectivity index (χ0n) is 16.2. The zero-order valence-corrected chi connectivity index (χ0v) is 16.2. The number of hydrogen-bond donors (Lipinski definition) is 1. The summed E-state index contributed by atoms with van der Waals surface area (Å²) >= 11 is 0. The highest BCUT2D eigenvalue weighted by molar-refractivity contribution is 5.90. The number of pyridine rings is 1. The lowest BCUT2D eigenvalue weighted by atomic mass is 10.0. The van der Waals surface area contributed by atoms with Crippen molar-refractivity contribution in [2.75, 3.05) is 7.11 Å². The molecule has 0 aliphatic carbocycles. The summed E-state index contributed by atoms with van der Waals surface area (Å²) in [5.74, 6) is 0.618. The second-order valence-corrected chi connectivity index (χ2v) is 6.79. The molecule has 0 aliphatic heterocycles. The van der Waals surface area contributed by atoms with Crippen molar-refractivity contribution < 1.29 is 22.3 Å². The number of nitrogens with one attached hydrogen (secondary N) is 1. The first-order valence-electron chi connectivity index (χ1n) is 9.33. The topological polar surface area (TPSA) is 47.3 Å². The third kappa shape index (κ3) is 4.02. The van der Waals surface area contributed by atoms with Crippen LogP contribution in [0, 0.1) is 0 Å². The van der Waals surface area contributed by atoms with E-state index < -0.39 is 11.7 Å². The summed E-state index contributed by atoms with van der Waals surface area (Å²) in [5, 5.41) is 4.04. The summed E-state index contributed by atoms with van der Waals surface area (Å²) in [6.07, 6.45) is -0.989. The first kappa shape index (κ1) is 20.0. The van der Waals surface area contributed by atoms with Crippen LogP contribution in [0.15, 0.2) is 71.4 Å². The molecule has 1 N–H and O–H groups in total. The number of furan rings is 1. The van der Waals surface area contributed by atoms with Gasteiger partial charge in [0, 0.05) is 36.4 Å². The first-order valence-corrected chi connectivity index (χ1v) is 9.33. The maximum Gasteiger partial charge on any atom is 0.417 e. The molecule has 0 amide bonds. The molecule has 0 radical (unpaired) electrons. The Morgan fingerprint density at radius 3 is 2.60 bits per heavy atom. The van der Waals surface area contributed by atoms with Crippen molar-refractivity contribution in [1.29, 1.82) is 0 Å². The quantitative estimate of drug-likeness (QED) is 0.434. The van der Waals surface area contributed by atoms with Gasteiger partial charge in [-0.25, -0.2) is 0 Å². The zero-order chi connectivity index (χ0) is 21.1. The highest BCUT2D eigenvalue weighted by Gasteiger charge is 2.34. The highest BCUT2D eigenvalue weighted by Crippen LogP contribution is 2.41. The second kappa shape index (κ2) is 8.20. The minimum Gasteiger partial charge on any atom is -0.493 e. The fraction of sp³-hybridized carbons (Fsp3) is 0.174. The van der Waals surface area contributed by atoms with Gasteiger partial charge in [0.1, 0.15) is 5.76 Å². The molecule has 30 heavy (non-hydrogen) atoms. The van der Waals surface area contributed by atoms with Crippen LogP contribution in [0.3, 0.4) is 0 Å². The Labute approximate surface area is 171 Å². The minimum atomic E-state index is -4.48. The van der Waals surface area contributed by atoms with Gasteiger partial charge in [0.25, 0.3) is 0 Å². The number of alkyl halides is 3. The molecule has 0 aliphatic rings. The SMILES string of the molecule is COc1ccc(CNCc2cccnc2)c2cc(-c3ccccc3C(F)(F)F)oc12. The molecule has 2 aromatic heterocycles. The Morgan fingerprint density at radius 1 is 1.03 bits per heavy atom. The van der Waals surface area contributed by atoms with E-state index in [1.165, 1.54) is 19.2 Å². The van der Waals surface area contributed by atoms with E-state index in [2.05, 4.69) is 10.3 Å². The molecular formula is C23H19F3N2O2. The summed E-state index contributed by atoms with van der Waals surface area (Å²) in [6.45, 7) is 1.12. The van der Waals surface area contributed by atoms with Crippen LogP contribution in [-0.4, -0.2) is 12.1 Å². The number of fused-ring (bicyclic) bond motifs is 1. The van der Waals surface area contributed by atoms with Gasteiger partial charge < -0.3 is 14.5 Å². The van der Waals surface area contributed by atoms with Crippen molar-refractivity contribution in [1.82, 2.24) is 10.3 Å². The minimum absolute atomic E-state index is 0.00229. The van der Waals surface area contributed by atoms with Gasteiger partial charge in [-0.3, -0.25) is 4.98 Å². The molecule has 2 aromatic carbocycles. The van der Waals surface area contributed by atoms with Crippen molar-refractivity contribution >= 4 is 11.0 Å². The summed E-state index contributed by atoms with van der Waals surface area (Å²) < 4.78 is 51.6. The number of methoxy groups -OCH3 is 1. The average molecular weight is 412 g/mol. The van der Waals surface area contributed by atoms with Crippen molar-refractivity contribution in [2.24, 2.45) is 0 Å². The molecular weight excluding hydrogens is 393 g/mol. The summed E-state index contributed by atoms with van der Waals surface area (Å²) in [4.78, 5) is 4.08. The summed E-state index contributed by atoms with van der Waals surface area (Å²) in [5.41, 5.74) is 1.62. The van der Waals surface area contributed by atoms with Crippen LogP contribution in [0.4, 0.5) is 13.2 Å². The molecule has 4 nitrogen and oxygen atoms in total. The van der Waals surface area contributed by atoms with Crippen LogP contribution in [0.25, 0.3) is 22.3 Å². The molecule has 7 heteroatoms. The molecule has 0 saturated carbocycles. The van der Waals surface area contributed by atoms with Gasteiger partial charge in [-0.15, -0.1) is 0 Å². The van der Waals surface area contributed by atoms with Crippen LogP contribution in [-0.2, 0) is 19.3 Å². The van der Waals surface area contributed by atoms with Gasteiger partial charge in [-0.2, -0.15) is 13.2 Å². The average Bonchev–Trinajstić information content (AvgIpc) is 3.20. The van der Waals surface area contributed by atoms with Crippen LogP contribution < -0.4 is 10.1 Å². The Kier molecular flexibility index (Phi) is 5.46. The maximum absolute atomic E-state index is 13.5. The van der Waals surface area contributed by atoms with Crippen molar-refractivity contribution in [3.63, 3.8) is 0 Å². The highest BCUT2D eigenvalue weighted by atomic mass is 19.4. The van der Waals surface area contributed by atoms with Crippen LogP contribution in [0.5, 0.6) is 5.75 Å². The maximum atomic E-state index is 13.5. The normalized spacial score (nSPS) is 11.7. The number of halogens is 3. The third-order valence-corrected chi connectivity index (χ3v) is 4.82. The lowest BCUT2D eigenvalue weighted by molar-refractivity contribution is -0.137. The predicted molar refractivity (Wildman–Crippen MR) is 108 cm³/mol. The van der Waals surface area contributed by atoms with E-state index >= 15 is 0 Å². The molecule has 0 spiro atoms. The van der Waals surface area contributed by atoms with E-state index in [1.54, 1.807) is 30.6 Å². The molecule has 0 bridgehead atoms. The molecule has 0 unspecified atom stereocenters. The number of hydrogen-bond acceptors (Lipinski definition) is 4. The number of aromatic nitrogens is 1. The van der Waals surface area contributed by atoms with Crippen molar-refractivity contribution in [3.8, 4) is 17.1 Å². The summed E-state index contributed by atoms with van der Waals surface area (Å²) in [6, 6.07) is 14.5. The standard InChI is InChI=1S/C23H19F3N2O2/c1-29-20-9-8-16(14-28-13-15-5-4-10-27-12-15)18-11-21(30-22(18)20)17-6-2-3-7-19(17)23(24,25)26/h2-12,28H,13-14H2,1H3. The second-order valence-electron chi connectivity index (χ2n) is 6.79. The molecule has 154 valence electrons. The number of ether oxygens (including phenoxy) is 1. The molecule has 0 atom stereocenters. The molecule has 4 aromatic rings. The fourth-order valence-corrected chi connectivity index (χ4v) is 3.39. The molecule has 2 heterocycles. The van der Waals surface area contributed by atoms with Gasteiger partial charge in [-0.05, 0) is 35.4 Å². The molecule has 4 rings (SSSR count). The van der Waals surface area contributed by atoms with Crippen LogP contribution in [0.1, 0.15) is 16.7 Å². The first-order chi connectivity index (χ1) is 14.5. The van der Waals surface area contributed by atoms with E-state index in [4.69, 9.17) is 9.15 Å². The van der Waals surface area contributed by atoms with Crippen LogP contribution in [0.2, 0.25) is 0 Å². The molecule has 0 saturated heterocycles.